The first-order valence-electron chi connectivity index (χ1n) is 14.2. The molecule has 0 aliphatic rings. The molecule has 216 valence electrons. The summed E-state index contributed by atoms with van der Waals surface area (Å²) in [6, 6.07) is 5.51. The van der Waals surface area contributed by atoms with Gasteiger partial charge in [-0.2, -0.15) is 0 Å². The molecule has 1 amide bonds. The number of carbonyl (C=O) groups is 2. The Kier molecular flexibility index (Phi) is 14.5. The number of benzene rings is 1. The molecule has 8 nitrogen and oxygen atoms in total. The van der Waals surface area contributed by atoms with Gasteiger partial charge in [0, 0.05) is 25.3 Å². The number of rotatable bonds is 17. The van der Waals surface area contributed by atoms with E-state index in [1.807, 2.05) is 13.0 Å². The molecule has 0 aromatic heterocycles. The molecule has 1 aromatic carbocycles. The monoisotopic (exact) mass is 532 g/mol. The fourth-order valence-corrected chi connectivity index (χ4v) is 4.48. The molecule has 4 atom stereocenters. The van der Waals surface area contributed by atoms with Gasteiger partial charge in [-0.05, 0) is 53.7 Å². The van der Waals surface area contributed by atoms with Crippen molar-refractivity contribution in [3.8, 4) is 5.75 Å². The van der Waals surface area contributed by atoms with Gasteiger partial charge in [0.1, 0.15) is 5.75 Å². The number of carbonyl (C=O) groups excluding carboxylic acids is 2. The Hall–Kier alpha value is -2.48. The van der Waals surface area contributed by atoms with Crippen molar-refractivity contribution < 1.29 is 24.2 Å². The number of nitrogens with zero attached hydrogens (tertiary/aromatic N) is 1. The third-order valence-corrected chi connectivity index (χ3v) is 7.16. The lowest BCUT2D eigenvalue weighted by atomic mass is 9.80. The van der Waals surface area contributed by atoms with Crippen LogP contribution in [-0.2, 0) is 26.2 Å². The maximum atomic E-state index is 12.4. The van der Waals surface area contributed by atoms with E-state index < -0.39 is 0 Å². The van der Waals surface area contributed by atoms with Crippen molar-refractivity contribution in [3.05, 3.63) is 34.9 Å². The first-order valence-corrected chi connectivity index (χ1v) is 14.2. The smallest absolute Gasteiger partial charge is 0.308 e. The van der Waals surface area contributed by atoms with E-state index in [2.05, 4.69) is 64.1 Å². The van der Waals surface area contributed by atoms with Gasteiger partial charge in [-0.25, -0.2) is 0 Å². The molecule has 0 radical (unpaired) electrons. The van der Waals surface area contributed by atoms with Crippen LogP contribution in [0.3, 0.4) is 0 Å². The van der Waals surface area contributed by atoms with Gasteiger partial charge >= 0.3 is 5.97 Å². The summed E-state index contributed by atoms with van der Waals surface area (Å²) in [4.78, 5) is 24.0. The van der Waals surface area contributed by atoms with Crippen LogP contribution in [0.4, 0.5) is 0 Å². The van der Waals surface area contributed by atoms with Gasteiger partial charge in [0.15, 0.2) is 6.04 Å². The molecular weight excluding hydrogens is 480 g/mol. The lowest BCUT2D eigenvalue weighted by molar-refractivity contribution is -0.532. The van der Waals surface area contributed by atoms with Crippen LogP contribution in [0.15, 0.2) is 18.2 Å². The SMILES string of the molecule is CCCCNC(=O)C(C)C[C@H](N)[C@H](C[C@H](Cc1ccc(C(C)(C)C)c(OCOC(=O)CC)c1)C(C)C)[NH+]=[N-]. The van der Waals surface area contributed by atoms with Crippen LogP contribution in [-0.4, -0.2) is 37.3 Å². The van der Waals surface area contributed by atoms with E-state index in [1.165, 1.54) is 0 Å². The summed E-state index contributed by atoms with van der Waals surface area (Å²) in [5, 5.41) is 5.39. The van der Waals surface area contributed by atoms with Crippen molar-refractivity contribution in [1.29, 1.82) is 0 Å². The quantitative estimate of drug-likeness (QED) is 0.120. The van der Waals surface area contributed by atoms with Crippen LogP contribution in [0.5, 0.6) is 5.75 Å². The Morgan fingerprint density at radius 2 is 1.82 bits per heavy atom. The number of hydrogen-bond donors (Lipinski definition) is 3. The predicted octanol–water partition coefficient (Wildman–Crippen LogP) is 4.22. The Morgan fingerprint density at radius 3 is 2.37 bits per heavy atom. The van der Waals surface area contributed by atoms with Gasteiger partial charge in [-0.3, -0.25) is 9.59 Å². The van der Waals surface area contributed by atoms with Crippen molar-refractivity contribution >= 4 is 11.9 Å². The van der Waals surface area contributed by atoms with Gasteiger partial charge < -0.3 is 31.2 Å². The zero-order chi connectivity index (χ0) is 28.9. The Bertz CT molecular complexity index is 881. The zero-order valence-electron chi connectivity index (χ0n) is 24.9. The Labute approximate surface area is 230 Å². The minimum atomic E-state index is -0.372. The van der Waals surface area contributed by atoms with E-state index in [9.17, 15) is 15.1 Å². The standard InChI is InChI=1S/C30H52N4O4/c1-9-11-14-33-29(36)21(5)15-25(31)26(34-32)18-23(20(3)4)16-22-12-13-24(30(6,7)8)27(17-22)37-19-38-28(35)10-2/h12-13,17,20-21,23,25-26,34H,9-11,14-16,18-19,31H2,1-8H3,(H,33,36)/t21?,23-,25-,26-/m0/s1. The van der Waals surface area contributed by atoms with E-state index in [1.54, 1.807) is 6.92 Å². The highest BCUT2D eigenvalue weighted by Crippen LogP contribution is 2.34. The fraction of sp³-hybridized carbons (Fsp3) is 0.733. The molecule has 1 aromatic rings. The Morgan fingerprint density at radius 1 is 1.13 bits per heavy atom. The van der Waals surface area contributed by atoms with Crippen LogP contribution < -0.4 is 20.9 Å². The predicted molar refractivity (Wildman–Crippen MR) is 151 cm³/mol. The molecule has 0 aliphatic carbocycles. The van der Waals surface area contributed by atoms with Gasteiger partial charge in [0.05, 0.1) is 6.04 Å². The molecule has 0 bridgehead atoms. The molecule has 4 N–H and O–H groups in total. The van der Waals surface area contributed by atoms with Gasteiger partial charge in [-0.1, -0.05) is 73.9 Å². The minimum absolute atomic E-state index is 0.00193. The fourth-order valence-electron chi connectivity index (χ4n) is 4.48. The zero-order valence-corrected chi connectivity index (χ0v) is 24.9. The second-order valence-corrected chi connectivity index (χ2v) is 11.8. The number of amides is 1. The minimum Gasteiger partial charge on any atom is -0.508 e. The van der Waals surface area contributed by atoms with E-state index in [4.69, 9.17) is 15.2 Å². The lowest BCUT2D eigenvalue weighted by Crippen LogP contribution is -2.77. The second kappa shape index (κ2) is 16.5. The summed E-state index contributed by atoms with van der Waals surface area (Å²) >= 11 is 0. The number of esters is 1. The largest absolute Gasteiger partial charge is 0.508 e. The van der Waals surface area contributed by atoms with E-state index in [0.29, 0.717) is 37.5 Å². The van der Waals surface area contributed by atoms with Crippen LogP contribution in [0.2, 0.25) is 0 Å². The molecular formula is C30H52N4O4. The highest BCUT2D eigenvalue weighted by Gasteiger charge is 2.29. The van der Waals surface area contributed by atoms with E-state index >= 15 is 0 Å². The molecule has 0 spiro atoms. The third kappa shape index (κ3) is 11.5. The van der Waals surface area contributed by atoms with Crippen molar-refractivity contribution in [3.63, 3.8) is 0 Å². The molecule has 0 saturated carbocycles. The third-order valence-electron chi connectivity index (χ3n) is 7.16. The number of unbranched alkanes of at least 4 members (excludes halogenated alkanes) is 1. The molecule has 38 heavy (non-hydrogen) atoms. The first-order chi connectivity index (χ1) is 17.8. The molecule has 1 unspecified atom stereocenters. The average molecular weight is 533 g/mol. The molecule has 0 saturated heterocycles. The summed E-state index contributed by atoms with van der Waals surface area (Å²) < 4.78 is 11.1. The number of hydrogen-bond acceptors (Lipinski definition) is 5. The van der Waals surface area contributed by atoms with Gasteiger partial charge in [0.25, 0.3) is 0 Å². The highest BCUT2D eigenvalue weighted by molar-refractivity contribution is 5.78. The summed E-state index contributed by atoms with van der Waals surface area (Å²) in [6.45, 7) is 17.0. The summed E-state index contributed by atoms with van der Waals surface area (Å²) in [5.74, 6) is 0.738. The second-order valence-electron chi connectivity index (χ2n) is 11.8. The van der Waals surface area contributed by atoms with Crippen LogP contribution >= 0.6 is 0 Å². The average Bonchev–Trinajstić information content (AvgIpc) is 2.85. The van der Waals surface area contributed by atoms with Gasteiger partial charge in [-0.15, -0.1) is 0 Å². The van der Waals surface area contributed by atoms with Crippen LogP contribution in [0, 0.1) is 17.8 Å². The van der Waals surface area contributed by atoms with E-state index in [-0.39, 0.29) is 48.0 Å². The molecule has 0 aliphatic heterocycles. The Balaban J connectivity index is 2.97. The number of nitrogens with one attached hydrogen (secondary N) is 2. The normalized spacial score (nSPS) is 14.9. The first kappa shape index (κ1) is 33.5. The number of nitrogens with two attached hydrogens (primary N) is 1. The highest BCUT2D eigenvalue weighted by atomic mass is 16.7. The molecule has 8 heteroatoms. The summed E-state index contributed by atoms with van der Waals surface area (Å²) in [7, 11) is 0. The molecule has 0 heterocycles. The van der Waals surface area contributed by atoms with Crippen molar-refractivity contribution in [1.82, 2.24) is 5.32 Å². The van der Waals surface area contributed by atoms with Crippen molar-refractivity contribution in [2.75, 3.05) is 13.3 Å². The number of ether oxygens (including phenoxy) is 2. The summed E-state index contributed by atoms with van der Waals surface area (Å²) in [6.07, 6.45) is 4.19. The lowest BCUT2D eigenvalue weighted by Gasteiger charge is -2.28. The van der Waals surface area contributed by atoms with E-state index in [0.717, 1.165) is 30.4 Å². The summed E-state index contributed by atoms with van der Waals surface area (Å²) in [5.41, 5.74) is 18.4. The topological polar surface area (TPSA) is 127 Å². The van der Waals surface area contributed by atoms with Gasteiger partial charge in [0.2, 0.25) is 12.7 Å². The molecule has 1 rings (SSSR count). The maximum absolute atomic E-state index is 12.4. The van der Waals surface area contributed by atoms with Crippen LogP contribution in [0.1, 0.15) is 98.6 Å². The maximum Gasteiger partial charge on any atom is 0.308 e. The van der Waals surface area contributed by atoms with Crippen molar-refractivity contribution in [2.24, 2.45) is 23.5 Å². The van der Waals surface area contributed by atoms with Crippen molar-refractivity contribution in [2.45, 2.75) is 111 Å². The van der Waals surface area contributed by atoms with Crippen LogP contribution in [0.25, 0.3) is 5.53 Å². The molecule has 0 fully saturated rings.